The molecule has 1 unspecified atom stereocenters. The number of rotatable bonds is 7. The molecule has 5 rings (SSSR count). The molecule has 0 fully saturated rings. The van der Waals surface area contributed by atoms with Crippen molar-refractivity contribution in [2.24, 2.45) is 0 Å². The highest BCUT2D eigenvalue weighted by molar-refractivity contribution is 6.32. The molecule has 0 spiro atoms. The maximum absolute atomic E-state index is 13.3. The first kappa shape index (κ1) is 33.3. The molecule has 2 aromatic carbocycles. The lowest BCUT2D eigenvalue weighted by Crippen LogP contribution is -2.32. The highest BCUT2D eigenvalue weighted by Crippen LogP contribution is 2.37. The highest BCUT2D eigenvalue weighted by atomic mass is 35.5. The number of fused-ring (bicyclic) bond motifs is 4. The van der Waals surface area contributed by atoms with Gasteiger partial charge in [0.25, 0.3) is 0 Å². The predicted molar refractivity (Wildman–Crippen MR) is 175 cm³/mol. The minimum atomic E-state index is -0.697. The molecule has 0 radical (unpaired) electrons. The van der Waals surface area contributed by atoms with Crippen LogP contribution < -0.4 is 16.0 Å². The summed E-state index contributed by atoms with van der Waals surface area (Å²) >= 11 is 12.8. The van der Waals surface area contributed by atoms with E-state index in [4.69, 9.17) is 32.7 Å². The van der Waals surface area contributed by atoms with Gasteiger partial charge in [0.1, 0.15) is 12.4 Å². The predicted octanol–water partition coefficient (Wildman–Crippen LogP) is 5.39. The standard InChI is InChI=1S/C31H31Cl2N9O5/c1-3-47-30(44)24-7-5-4-6-23(37-28(43)13-8-18-14-19(32)9-12-27(18)42-17-34-40-41-42)26-16-22(29(33)39-38-26)21-11-10-20(15-25(21)36-24)35-31(45)46-2/h8-17,23-24,36H,3-7H2,1-2H3,(H,35,45)(H,37,43)/b13-8+/t23?,24-/m0/s1. The number of halogens is 2. The smallest absolute Gasteiger partial charge is 0.411 e. The Morgan fingerprint density at radius 1 is 1.06 bits per heavy atom. The Hall–Kier alpha value is -5.08. The molecule has 47 heavy (non-hydrogen) atoms. The van der Waals surface area contributed by atoms with Gasteiger partial charge in [-0.15, -0.1) is 10.2 Å². The maximum atomic E-state index is 13.3. The topological polar surface area (TPSA) is 175 Å². The van der Waals surface area contributed by atoms with Crippen LogP contribution in [0.3, 0.4) is 0 Å². The SMILES string of the molecule is CCOC(=O)[C@@H]1CCCCC(NC(=O)/C=C/c2cc(Cl)ccc2-n2cnnn2)c2cc(c(Cl)nn2)-c2ccc(NC(=O)OC)cc2N1. The average Bonchev–Trinajstić information content (AvgIpc) is 3.60. The van der Waals surface area contributed by atoms with Gasteiger partial charge in [-0.1, -0.05) is 42.1 Å². The normalized spacial score (nSPS) is 16.2. The Kier molecular flexibility index (Phi) is 11.0. The van der Waals surface area contributed by atoms with Gasteiger partial charge in [0, 0.05) is 39.2 Å². The van der Waals surface area contributed by atoms with Crippen LogP contribution in [0, 0.1) is 0 Å². The van der Waals surface area contributed by atoms with Crippen LogP contribution in [0.1, 0.15) is 49.9 Å². The fraction of sp³-hybridized carbons (Fsp3) is 0.290. The van der Waals surface area contributed by atoms with E-state index in [0.29, 0.717) is 70.2 Å². The number of tetrazole rings is 1. The second kappa shape index (κ2) is 15.5. The van der Waals surface area contributed by atoms with Crippen molar-refractivity contribution in [3.63, 3.8) is 0 Å². The van der Waals surface area contributed by atoms with Gasteiger partial charge in [0.15, 0.2) is 5.15 Å². The minimum Gasteiger partial charge on any atom is -0.464 e. The van der Waals surface area contributed by atoms with Crippen molar-refractivity contribution in [2.75, 3.05) is 24.4 Å². The van der Waals surface area contributed by atoms with Crippen molar-refractivity contribution in [3.8, 4) is 16.8 Å². The lowest BCUT2D eigenvalue weighted by Gasteiger charge is -2.24. The van der Waals surface area contributed by atoms with E-state index in [1.54, 1.807) is 55.5 Å². The van der Waals surface area contributed by atoms with Crippen molar-refractivity contribution in [1.29, 1.82) is 0 Å². The van der Waals surface area contributed by atoms with Crippen LogP contribution in [0.5, 0.6) is 0 Å². The second-order valence-corrected chi connectivity index (χ2v) is 11.2. The summed E-state index contributed by atoms with van der Waals surface area (Å²) in [5, 5.41) is 29.3. The van der Waals surface area contributed by atoms with Crippen molar-refractivity contribution in [3.05, 3.63) is 76.3 Å². The summed E-state index contributed by atoms with van der Waals surface area (Å²) in [5.74, 6) is -0.799. The molecule has 2 bridgehead atoms. The van der Waals surface area contributed by atoms with Gasteiger partial charge in [-0.25, -0.2) is 9.59 Å². The summed E-state index contributed by atoms with van der Waals surface area (Å²) in [5.41, 5.74) is 3.79. The van der Waals surface area contributed by atoms with E-state index in [9.17, 15) is 14.4 Å². The fourth-order valence-electron chi connectivity index (χ4n) is 5.09. The zero-order valence-corrected chi connectivity index (χ0v) is 27.0. The molecule has 0 saturated carbocycles. The number of aromatic nitrogens is 6. The first-order valence-corrected chi connectivity index (χ1v) is 15.5. The third-order valence-corrected chi connectivity index (χ3v) is 7.83. The van der Waals surface area contributed by atoms with Crippen LogP contribution >= 0.6 is 23.2 Å². The van der Waals surface area contributed by atoms with E-state index >= 15 is 0 Å². The van der Waals surface area contributed by atoms with Gasteiger partial charge >= 0.3 is 12.1 Å². The summed E-state index contributed by atoms with van der Waals surface area (Å²) in [4.78, 5) is 38.2. The van der Waals surface area contributed by atoms with E-state index in [1.807, 2.05) is 0 Å². The van der Waals surface area contributed by atoms with E-state index in [1.165, 1.54) is 24.2 Å². The van der Waals surface area contributed by atoms with E-state index in [2.05, 4.69) is 41.7 Å². The molecule has 2 aromatic heterocycles. The molecule has 14 nitrogen and oxygen atoms in total. The number of nitrogens with one attached hydrogen (secondary N) is 3. The van der Waals surface area contributed by atoms with Crippen LogP contribution in [0.25, 0.3) is 22.9 Å². The first-order chi connectivity index (χ1) is 22.7. The van der Waals surface area contributed by atoms with Gasteiger partial charge in [-0.3, -0.25) is 10.1 Å². The minimum absolute atomic E-state index is 0.108. The number of amides is 2. The van der Waals surface area contributed by atoms with Crippen molar-refractivity contribution in [1.82, 2.24) is 35.7 Å². The third kappa shape index (κ3) is 8.40. The molecular weight excluding hydrogens is 649 g/mol. The molecule has 2 amide bonds. The lowest BCUT2D eigenvalue weighted by molar-refractivity contribution is -0.144. The van der Waals surface area contributed by atoms with Gasteiger partial charge in [0.2, 0.25) is 5.91 Å². The summed E-state index contributed by atoms with van der Waals surface area (Å²) in [7, 11) is 1.26. The third-order valence-electron chi connectivity index (χ3n) is 7.32. The van der Waals surface area contributed by atoms with Crippen molar-refractivity contribution < 1.29 is 23.9 Å². The van der Waals surface area contributed by atoms with Crippen LogP contribution in [-0.2, 0) is 19.1 Å². The zero-order valence-electron chi connectivity index (χ0n) is 25.4. The van der Waals surface area contributed by atoms with Gasteiger partial charge in [-0.05, 0) is 72.7 Å². The Labute approximate surface area is 279 Å². The number of nitrogens with zero attached hydrogens (tertiary/aromatic N) is 6. The maximum Gasteiger partial charge on any atom is 0.411 e. The van der Waals surface area contributed by atoms with E-state index in [-0.39, 0.29) is 17.7 Å². The average molecular weight is 681 g/mol. The Bertz CT molecular complexity index is 1790. The molecule has 2 atom stereocenters. The van der Waals surface area contributed by atoms with Gasteiger partial charge in [-0.2, -0.15) is 9.78 Å². The number of benzene rings is 2. The van der Waals surface area contributed by atoms with Crippen LogP contribution in [0.15, 0.2) is 54.9 Å². The number of esters is 1. The second-order valence-electron chi connectivity index (χ2n) is 10.4. The zero-order chi connectivity index (χ0) is 33.3. The van der Waals surface area contributed by atoms with Gasteiger partial charge in [0.05, 0.1) is 31.1 Å². The Balaban J connectivity index is 1.48. The van der Waals surface area contributed by atoms with Crippen LogP contribution in [-0.4, -0.2) is 68.1 Å². The number of hydrogen-bond donors (Lipinski definition) is 3. The first-order valence-electron chi connectivity index (χ1n) is 14.7. The van der Waals surface area contributed by atoms with Crippen molar-refractivity contribution in [2.45, 2.75) is 44.7 Å². The summed E-state index contributed by atoms with van der Waals surface area (Å²) in [6.07, 6.45) is 6.02. The van der Waals surface area contributed by atoms with Gasteiger partial charge < -0.3 is 20.1 Å². The quantitative estimate of drug-likeness (QED) is 0.169. The molecule has 0 saturated heterocycles. The molecule has 4 aromatic rings. The molecule has 1 aliphatic rings. The number of carbonyl (C=O) groups excluding carboxylic acids is 3. The molecule has 16 heteroatoms. The molecule has 3 N–H and O–H groups in total. The largest absolute Gasteiger partial charge is 0.464 e. The molecule has 0 aliphatic carbocycles. The van der Waals surface area contributed by atoms with Crippen LogP contribution in [0.2, 0.25) is 10.2 Å². The highest BCUT2D eigenvalue weighted by Gasteiger charge is 2.25. The van der Waals surface area contributed by atoms with E-state index < -0.39 is 24.1 Å². The molecule has 244 valence electrons. The summed E-state index contributed by atoms with van der Waals surface area (Å²) < 4.78 is 11.6. The molecule has 1 aliphatic heterocycles. The Morgan fingerprint density at radius 2 is 1.89 bits per heavy atom. The molecular formula is C31H31Cl2N9O5. The number of methoxy groups -OCH3 is 1. The summed E-state index contributed by atoms with van der Waals surface area (Å²) in [6, 6.07) is 10.7. The van der Waals surface area contributed by atoms with Crippen molar-refractivity contribution >= 4 is 58.6 Å². The number of anilines is 2. The van der Waals surface area contributed by atoms with E-state index in [0.717, 1.165) is 0 Å². The fourth-order valence-corrected chi connectivity index (χ4v) is 5.47. The Morgan fingerprint density at radius 3 is 2.66 bits per heavy atom. The lowest BCUT2D eigenvalue weighted by atomic mass is 9.97. The number of ether oxygens (including phenoxy) is 2. The number of hydrogen-bond acceptors (Lipinski definition) is 11. The van der Waals surface area contributed by atoms with Crippen LogP contribution in [0.4, 0.5) is 16.2 Å². The monoisotopic (exact) mass is 679 g/mol. The summed E-state index contributed by atoms with van der Waals surface area (Å²) in [6.45, 7) is 1.95. The number of carbonyl (C=O) groups is 3. The molecule has 3 heterocycles.